The highest BCUT2D eigenvalue weighted by Gasteiger charge is 2.02. The van der Waals surface area contributed by atoms with Crippen LogP contribution in [0, 0.1) is 0 Å². The molecule has 0 aliphatic rings. The molecule has 0 amide bonds. The second kappa shape index (κ2) is 7.31. The molecule has 0 saturated heterocycles. The number of anilines is 2. The molecule has 0 aliphatic heterocycles. The van der Waals surface area contributed by atoms with Gasteiger partial charge in [-0.25, -0.2) is 0 Å². The van der Waals surface area contributed by atoms with Gasteiger partial charge in [0, 0.05) is 11.4 Å². The Bertz CT molecular complexity index is 474. The van der Waals surface area contributed by atoms with Gasteiger partial charge in [-0.15, -0.1) is 0 Å². The van der Waals surface area contributed by atoms with Crippen molar-refractivity contribution in [2.75, 3.05) is 10.6 Å². The van der Waals surface area contributed by atoms with E-state index in [0.29, 0.717) is 0 Å². The Morgan fingerprint density at radius 2 is 1.05 bits per heavy atom. The van der Waals surface area contributed by atoms with Gasteiger partial charge in [-0.2, -0.15) is 0 Å². The fourth-order valence-electron chi connectivity index (χ4n) is 2.00. The Balaban J connectivity index is 1.91. The van der Waals surface area contributed by atoms with E-state index in [1.807, 2.05) is 0 Å². The number of nitrogens with one attached hydrogen (secondary N) is 2. The van der Waals surface area contributed by atoms with Crippen LogP contribution in [0.3, 0.4) is 0 Å². The van der Waals surface area contributed by atoms with Gasteiger partial charge >= 0.3 is 0 Å². The van der Waals surface area contributed by atoms with E-state index < -0.39 is 0 Å². The monoisotopic (exact) mass is 296 g/mol. The van der Waals surface area contributed by atoms with E-state index in [0.717, 1.165) is 30.4 Å². The van der Waals surface area contributed by atoms with E-state index in [2.05, 4.69) is 79.2 Å². The zero-order valence-electron chi connectivity index (χ0n) is 12.2. The maximum atomic E-state index is 3.46. The molecule has 0 saturated carbocycles. The minimum atomic E-state index is 0.194. The van der Waals surface area contributed by atoms with Crippen LogP contribution in [0.15, 0.2) is 48.5 Å². The smallest absolute Gasteiger partial charge is 0.0934 e. The Kier molecular flexibility index (Phi) is 5.43. The predicted octanol–water partition coefficient (Wildman–Crippen LogP) is 2.31. The van der Waals surface area contributed by atoms with Crippen molar-refractivity contribution in [2.24, 2.45) is 0 Å². The highest BCUT2D eigenvalue weighted by atomic mass is 28.2. The molecule has 2 rings (SSSR count). The third kappa shape index (κ3) is 4.25. The van der Waals surface area contributed by atoms with Crippen LogP contribution in [-0.2, 0) is 0 Å². The van der Waals surface area contributed by atoms with E-state index in [1.54, 1.807) is 0 Å². The van der Waals surface area contributed by atoms with Crippen molar-refractivity contribution in [1.29, 1.82) is 0 Å². The molecule has 2 N–H and O–H groups in total. The lowest BCUT2D eigenvalue weighted by atomic mass is 10.3. The summed E-state index contributed by atoms with van der Waals surface area (Å²) >= 11 is 0. The van der Waals surface area contributed by atoms with Crippen LogP contribution in [-0.4, -0.2) is 25.2 Å². The molecule has 0 heterocycles. The lowest BCUT2D eigenvalue weighted by molar-refractivity contribution is 0.917. The standard InChI is InChI=1S/C16H20N2Si2/c1-12(17-13-4-8-15(19-2)9-5-13)18-14-6-10-16(20-3)11-7-14/h4-12,17-18H,1-3H3. The highest BCUT2D eigenvalue weighted by Crippen LogP contribution is 2.10. The third-order valence-electron chi connectivity index (χ3n) is 3.11. The van der Waals surface area contributed by atoms with E-state index in [9.17, 15) is 0 Å². The molecule has 20 heavy (non-hydrogen) atoms. The molecule has 4 heteroatoms. The lowest BCUT2D eigenvalue weighted by Crippen LogP contribution is -2.25. The molecule has 2 nitrogen and oxygen atoms in total. The second-order valence-electron chi connectivity index (χ2n) is 4.67. The van der Waals surface area contributed by atoms with Crippen molar-refractivity contribution >= 4 is 40.8 Å². The molecule has 2 aromatic rings. The van der Waals surface area contributed by atoms with Gasteiger partial charge in [0.25, 0.3) is 0 Å². The van der Waals surface area contributed by atoms with Crippen LogP contribution in [0.4, 0.5) is 11.4 Å². The normalized spacial score (nSPS) is 10.6. The predicted molar refractivity (Wildman–Crippen MR) is 92.1 cm³/mol. The van der Waals surface area contributed by atoms with E-state index >= 15 is 0 Å². The van der Waals surface area contributed by atoms with Crippen molar-refractivity contribution < 1.29 is 0 Å². The molecule has 102 valence electrons. The minimum absolute atomic E-state index is 0.194. The van der Waals surface area contributed by atoms with Gasteiger partial charge in [-0.3, -0.25) is 0 Å². The van der Waals surface area contributed by atoms with Crippen molar-refractivity contribution in [1.82, 2.24) is 0 Å². The maximum Gasteiger partial charge on any atom is 0.0934 e. The Morgan fingerprint density at radius 3 is 1.35 bits per heavy atom. The number of hydrogen-bond acceptors (Lipinski definition) is 2. The van der Waals surface area contributed by atoms with Gasteiger partial charge in [0.15, 0.2) is 0 Å². The molecular weight excluding hydrogens is 276 g/mol. The summed E-state index contributed by atoms with van der Waals surface area (Å²) in [7, 11) is 1.71. The van der Waals surface area contributed by atoms with E-state index in [1.165, 1.54) is 10.4 Å². The fraction of sp³-hybridized carbons (Fsp3) is 0.250. The van der Waals surface area contributed by atoms with Crippen LogP contribution in [0.25, 0.3) is 0 Å². The SMILES string of the molecule is C[Si]c1ccc(NC(C)Nc2ccc([Si]C)cc2)cc1. The summed E-state index contributed by atoms with van der Waals surface area (Å²) in [4.78, 5) is 0. The van der Waals surface area contributed by atoms with Crippen molar-refractivity contribution in [3.05, 3.63) is 48.5 Å². The van der Waals surface area contributed by atoms with E-state index in [4.69, 9.17) is 0 Å². The van der Waals surface area contributed by atoms with Gasteiger partial charge in [0.2, 0.25) is 0 Å². The van der Waals surface area contributed by atoms with Crippen molar-refractivity contribution in [2.45, 2.75) is 26.2 Å². The first-order valence-corrected chi connectivity index (χ1v) is 9.80. The van der Waals surface area contributed by atoms with Gasteiger partial charge in [0.05, 0.1) is 25.2 Å². The molecule has 4 radical (unpaired) electrons. The Morgan fingerprint density at radius 1 is 0.700 bits per heavy atom. The number of benzene rings is 2. The summed E-state index contributed by atoms with van der Waals surface area (Å²) in [6, 6.07) is 17.3. The first-order chi connectivity index (χ1) is 9.71. The molecule has 0 unspecified atom stereocenters. The molecule has 0 atom stereocenters. The first kappa shape index (κ1) is 14.9. The molecule has 2 aromatic carbocycles. The van der Waals surface area contributed by atoms with Crippen LogP contribution < -0.4 is 21.0 Å². The Labute approximate surface area is 126 Å². The zero-order valence-corrected chi connectivity index (χ0v) is 14.2. The fourth-order valence-corrected chi connectivity index (χ4v) is 3.00. The summed E-state index contributed by atoms with van der Waals surface area (Å²) in [5, 5.41) is 9.72. The van der Waals surface area contributed by atoms with Crippen molar-refractivity contribution in [3.8, 4) is 0 Å². The largest absolute Gasteiger partial charge is 0.366 e. The zero-order chi connectivity index (χ0) is 14.4. The van der Waals surface area contributed by atoms with Crippen LogP contribution in [0.1, 0.15) is 6.92 Å². The van der Waals surface area contributed by atoms with Crippen LogP contribution >= 0.6 is 0 Å². The highest BCUT2D eigenvalue weighted by molar-refractivity contribution is 6.52. The molecule has 0 aliphatic carbocycles. The average Bonchev–Trinajstić information content (AvgIpc) is 2.49. The first-order valence-electron chi connectivity index (χ1n) is 6.80. The van der Waals surface area contributed by atoms with Gasteiger partial charge < -0.3 is 10.6 Å². The van der Waals surface area contributed by atoms with E-state index in [-0.39, 0.29) is 6.17 Å². The maximum absolute atomic E-state index is 3.46. The lowest BCUT2D eigenvalue weighted by Gasteiger charge is -2.18. The van der Waals surface area contributed by atoms with Gasteiger partial charge in [-0.05, 0) is 31.2 Å². The minimum Gasteiger partial charge on any atom is -0.366 e. The average molecular weight is 297 g/mol. The third-order valence-corrected chi connectivity index (χ3v) is 4.93. The van der Waals surface area contributed by atoms with Crippen LogP contribution in [0.5, 0.6) is 0 Å². The summed E-state index contributed by atoms with van der Waals surface area (Å²) in [6.45, 7) is 6.53. The molecular formula is C16H20N2Si2. The topological polar surface area (TPSA) is 24.1 Å². The van der Waals surface area contributed by atoms with Gasteiger partial charge in [0.1, 0.15) is 0 Å². The molecule has 0 fully saturated rings. The quantitative estimate of drug-likeness (QED) is 0.631. The van der Waals surface area contributed by atoms with Crippen LogP contribution in [0.2, 0.25) is 13.1 Å². The summed E-state index contributed by atoms with van der Waals surface area (Å²) in [6.07, 6.45) is 0.194. The van der Waals surface area contributed by atoms with Crippen molar-refractivity contribution in [3.63, 3.8) is 0 Å². The summed E-state index contributed by atoms with van der Waals surface area (Å²) in [5.74, 6) is 0. The molecule has 0 aromatic heterocycles. The Hall–Kier alpha value is -1.53. The second-order valence-corrected chi connectivity index (χ2v) is 6.82. The molecule has 0 bridgehead atoms. The van der Waals surface area contributed by atoms with Gasteiger partial charge in [-0.1, -0.05) is 47.7 Å². The molecule has 0 spiro atoms. The summed E-state index contributed by atoms with van der Waals surface area (Å²) < 4.78 is 0. The number of rotatable bonds is 6. The summed E-state index contributed by atoms with van der Waals surface area (Å²) in [5.41, 5.74) is 2.30. The number of hydrogen-bond donors (Lipinski definition) is 2.